The standard InChI is InChI=1S/C28H33N5O4S/c1-8-32(9-2)38(35,36)24-16-21(10-11-23(24)37-7)25-26(31-33-20(6)15-19(5)29-27(25)33)28(34)30-22-13-17(3)12-18(4)14-22/h10-16H,8-9H2,1-7H3,(H,30,34). The van der Waals surface area contributed by atoms with Crippen molar-refractivity contribution in [1.82, 2.24) is 18.9 Å². The quantitative estimate of drug-likeness (QED) is 0.343. The minimum atomic E-state index is -3.86. The van der Waals surface area contributed by atoms with Gasteiger partial charge in [-0.25, -0.2) is 17.9 Å². The van der Waals surface area contributed by atoms with Crippen molar-refractivity contribution in [3.8, 4) is 16.9 Å². The second kappa shape index (κ2) is 10.5. The summed E-state index contributed by atoms with van der Waals surface area (Å²) in [6.45, 7) is 11.9. The monoisotopic (exact) mass is 535 g/mol. The van der Waals surface area contributed by atoms with Crippen LogP contribution in [0.2, 0.25) is 0 Å². The summed E-state index contributed by atoms with van der Waals surface area (Å²) in [4.78, 5) is 18.3. The molecule has 0 saturated heterocycles. The lowest BCUT2D eigenvalue weighted by molar-refractivity contribution is 0.102. The number of anilines is 1. The maximum atomic E-state index is 13.6. The van der Waals surface area contributed by atoms with Gasteiger partial charge in [0.2, 0.25) is 10.0 Å². The van der Waals surface area contributed by atoms with Crippen molar-refractivity contribution < 1.29 is 17.9 Å². The number of nitrogens with one attached hydrogen (secondary N) is 1. The number of benzene rings is 2. The molecular formula is C28H33N5O4S. The zero-order valence-electron chi connectivity index (χ0n) is 22.8. The SMILES string of the molecule is CCN(CC)S(=O)(=O)c1cc(-c2c(C(=O)Nc3cc(C)cc(C)c3)nn3c(C)cc(C)nc23)ccc1OC. The Morgan fingerprint density at radius 3 is 2.26 bits per heavy atom. The number of carbonyl (C=O) groups is 1. The first kappa shape index (κ1) is 27.3. The van der Waals surface area contributed by atoms with Gasteiger partial charge in [-0.1, -0.05) is 26.0 Å². The third kappa shape index (κ3) is 5.01. The highest BCUT2D eigenvalue weighted by atomic mass is 32.2. The van der Waals surface area contributed by atoms with E-state index >= 15 is 0 Å². The van der Waals surface area contributed by atoms with Gasteiger partial charge >= 0.3 is 0 Å². The van der Waals surface area contributed by atoms with Crippen molar-refractivity contribution in [3.63, 3.8) is 0 Å². The molecular weight excluding hydrogens is 502 g/mol. The molecule has 9 nitrogen and oxygen atoms in total. The van der Waals surface area contributed by atoms with Crippen molar-refractivity contribution in [2.75, 3.05) is 25.5 Å². The normalized spacial score (nSPS) is 11.8. The predicted molar refractivity (Wildman–Crippen MR) is 148 cm³/mol. The smallest absolute Gasteiger partial charge is 0.276 e. The molecule has 0 radical (unpaired) electrons. The van der Waals surface area contributed by atoms with E-state index in [4.69, 9.17) is 4.74 Å². The molecule has 10 heteroatoms. The van der Waals surface area contributed by atoms with Crippen molar-refractivity contribution in [2.45, 2.75) is 46.4 Å². The highest BCUT2D eigenvalue weighted by Crippen LogP contribution is 2.35. The number of aryl methyl sites for hydroxylation is 4. The van der Waals surface area contributed by atoms with Crippen LogP contribution in [-0.4, -0.2) is 53.4 Å². The van der Waals surface area contributed by atoms with Crippen LogP contribution in [0.1, 0.15) is 46.9 Å². The summed E-state index contributed by atoms with van der Waals surface area (Å²) in [5.74, 6) is -0.199. The highest BCUT2D eigenvalue weighted by molar-refractivity contribution is 7.89. The number of methoxy groups -OCH3 is 1. The molecule has 0 spiro atoms. The first-order chi connectivity index (χ1) is 18.0. The number of sulfonamides is 1. The molecule has 2 aromatic heterocycles. The van der Waals surface area contributed by atoms with Gasteiger partial charge in [0, 0.05) is 30.2 Å². The van der Waals surface area contributed by atoms with Gasteiger partial charge in [0.05, 0.1) is 12.7 Å². The number of amides is 1. The van der Waals surface area contributed by atoms with Crippen LogP contribution in [0, 0.1) is 27.7 Å². The molecule has 1 N–H and O–H groups in total. The second-order valence-electron chi connectivity index (χ2n) is 9.28. The first-order valence-electron chi connectivity index (χ1n) is 12.4. The van der Waals surface area contributed by atoms with Gasteiger partial charge in [0.15, 0.2) is 11.3 Å². The zero-order chi connectivity index (χ0) is 27.8. The van der Waals surface area contributed by atoms with Gasteiger partial charge in [-0.15, -0.1) is 0 Å². The highest BCUT2D eigenvalue weighted by Gasteiger charge is 2.29. The molecule has 200 valence electrons. The number of carbonyl (C=O) groups excluding carboxylic acids is 1. The van der Waals surface area contributed by atoms with Gasteiger partial charge in [-0.2, -0.15) is 9.40 Å². The van der Waals surface area contributed by atoms with Gasteiger partial charge in [-0.3, -0.25) is 4.79 Å². The van der Waals surface area contributed by atoms with E-state index in [9.17, 15) is 13.2 Å². The number of rotatable bonds is 8. The van der Waals surface area contributed by atoms with E-state index in [2.05, 4.69) is 15.4 Å². The number of hydrogen-bond donors (Lipinski definition) is 1. The molecule has 0 aliphatic heterocycles. The molecule has 4 rings (SSSR count). The minimum absolute atomic E-state index is 0.0191. The molecule has 38 heavy (non-hydrogen) atoms. The average Bonchev–Trinajstić information content (AvgIpc) is 3.23. The molecule has 2 heterocycles. The van der Waals surface area contributed by atoms with Crippen molar-refractivity contribution in [1.29, 1.82) is 0 Å². The molecule has 0 aliphatic carbocycles. The Morgan fingerprint density at radius 2 is 1.66 bits per heavy atom. The Hall–Kier alpha value is -3.76. The molecule has 4 aromatic rings. The number of fused-ring (bicyclic) bond motifs is 1. The molecule has 0 bridgehead atoms. The fourth-order valence-electron chi connectivity index (χ4n) is 4.72. The topological polar surface area (TPSA) is 106 Å². The summed E-state index contributed by atoms with van der Waals surface area (Å²) in [6.07, 6.45) is 0. The zero-order valence-corrected chi connectivity index (χ0v) is 23.6. The van der Waals surface area contributed by atoms with Crippen LogP contribution in [0.15, 0.2) is 47.4 Å². The number of aromatic nitrogens is 3. The number of nitrogens with zero attached hydrogens (tertiary/aromatic N) is 4. The minimum Gasteiger partial charge on any atom is -0.495 e. The van der Waals surface area contributed by atoms with Crippen LogP contribution in [-0.2, 0) is 10.0 Å². The summed E-state index contributed by atoms with van der Waals surface area (Å²) < 4.78 is 35.4. The Morgan fingerprint density at radius 1 is 1.00 bits per heavy atom. The van der Waals surface area contributed by atoms with Crippen molar-refractivity contribution in [3.05, 3.63) is 70.7 Å². The summed E-state index contributed by atoms with van der Waals surface area (Å²) in [7, 11) is -2.43. The Bertz CT molecular complexity index is 1620. The summed E-state index contributed by atoms with van der Waals surface area (Å²) in [5.41, 5.74) is 5.77. The van der Waals surface area contributed by atoms with Gasteiger partial charge in [0.25, 0.3) is 5.91 Å². The third-order valence-corrected chi connectivity index (χ3v) is 8.44. The Labute approximate surface area is 223 Å². The van der Waals surface area contributed by atoms with Crippen LogP contribution < -0.4 is 10.1 Å². The van der Waals surface area contributed by atoms with E-state index in [1.807, 2.05) is 52.0 Å². The van der Waals surface area contributed by atoms with Gasteiger partial charge in [-0.05, 0) is 74.7 Å². The summed E-state index contributed by atoms with van der Waals surface area (Å²) in [5, 5.41) is 7.58. The van der Waals surface area contributed by atoms with E-state index in [0.29, 0.717) is 35.6 Å². The van der Waals surface area contributed by atoms with E-state index in [1.54, 1.807) is 30.5 Å². The fourth-order valence-corrected chi connectivity index (χ4v) is 6.36. The third-order valence-electron chi connectivity index (χ3n) is 6.37. The summed E-state index contributed by atoms with van der Waals surface area (Å²) >= 11 is 0. The molecule has 0 fully saturated rings. The average molecular weight is 536 g/mol. The summed E-state index contributed by atoms with van der Waals surface area (Å²) in [6, 6.07) is 12.5. The van der Waals surface area contributed by atoms with Crippen LogP contribution >= 0.6 is 0 Å². The predicted octanol–water partition coefficient (Wildman–Crippen LogP) is 4.92. The fraction of sp³-hybridized carbons (Fsp3) is 0.321. The van der Waals surface area contributed by atoms with Crippen molar-refractivity contribution >= 4 is 27.3 Å². The van der Waals surface area contributed by atoms with E-state index in [-0.39, 0.29) is 16.3 Å². The maximum Gasteiger partial charge on any atom is 0.276 e. The Balaban J connectivity index is 1.96. The maximum absolute atomic E-state index is 13.6. The molecule has 0 aliphatic rings. The molecule has 0 atom stereocenters. The molecule has 0 unspecified atom stereocenters. The largest absolute Gasteiger partial charge is 0.495 e. The van der Waals surface area contributed by atoms with E-state index in [0.717, 1.165) is 22.5 Å². The van der Waals surface area contributed by atoms with Crippen LogP contribution in [0.25, 0.3) is 16.8 Å². The van der Waals surface area contributed by atoms with Gasteiger partial charge < -0.3 is 10.1 Å². The first-order valence-corrected chi connectivity index (χ1v) is 13.9. The lowest BCUT2D eigenvalue weighted by Crippen LogP contribution is -2.30. The van der Waals surface area contributed by atoms with Crippen LogP contribution in [0.4, 0.5) is 5.69 Å². The lowest BCUT2D eigenvalue weighted by Gasteiger charge is -2.20. The number of hydrogen-bond acceptors (Lipinski definition) is 6. The molecule has 2 aromatic carbocycles. The van der Waals surface area contributed by atoms with Crippen molar-refractivity contribution in [2.24, 2.45) is 0 Å². The van der Waals surface area contributed by atoms with Crippen LogP contribution in [0.3, 0.4) is 0 Å². The van der Waals surface area contributed by atoms with Gasteiger partial charge in [0.1, 0.15) is 10.6 Å². The van der Waals surface area contributed by atoms with E-state index in [1.165, 1.54) is 17.5 Å². The lowest BCUT2D eigenvalue weighted by atomic mass is 10.0. The number of ether oxygens (including phenoxy) is 1. The van der Waals surface area contributed by atoms with Crippen LogP contribution in [0.5, 0.6) is 5.75 Å². The Kier molecular flexibility index (Phi) is 7.57. The molecule has 0 saturated carbocycles. The molecule has 1 amide bonds. The van der Waals surface area contributed by atoms with E-state index < -0.39 is 15.9 Å². The second-order valence-corrected chi connectivity index (χ2v) is 11.2.